The Morgan fingerprint density at radius 2 is 2.00 bits per heavy atom. The molecule has 2 nitrogen and oxygen atoms in total. The molecule has 0 aliphatic heterocycles. The van der Waals surface area contributed by atoms with E-state index in [1.807, 2.05) is 12.2 Å². The lowest BCUT2D eigenvalue weighted by Crippen LogP contribution is -2.32. The Kier molecular flexibility index (Phi) is 2.47. The zero-order valence-corrected chi connectivity index (χ0v) is 7.26. The molecule has 0 spiro atoms. The molecule has 0 aromatic rings. The molecule has 1 aliphatic carbocycles. The molecule has 0 bridgehead atoms. The summed E-state index contributed by atoms with van der Waals surface area (Å²) in [5.41, 5.74) is 1.27. The maximum absolute atomic E-state index is 5.25. The van der Waals surface area contributed by atoms with Crippen molar-refractivity contribution in [2.75, 3.05) is 14.2 Å². The monoisotopic (exact) mass is 154 g/mol. The van der Waals surface area contributed by atoms with E-state index in [-0.39, 0.29) is 0 Å². The van der Waals surface area contributed by atoms with Crippen LogP contribution in [0.15, 0.2) is 23.8 Å². The van der Waals surface area contributed by atoms with Gasteiger partial charge in [0.25, 0.3) is 0 Å². The summed E-state index contributed by atoms with van der Waals surface area (Å²) in [4.78, 5) is 0. The lowest BCUT2D eigenvalue weighted by molar-refractivity contribution is -0.169. The van der Waals surface area contributed by atoms with Gasteiger partial charge in [0.1, 0.15) is 0 Å². The van der Waals surface area contributed by atoms with Crippen LogP contribution in [0.2, 0.25) is 0 Å². The highest BCUT2D eigenvalue weighted by atomic mass is 16.7. The van der Waals surface area contributed by atoms with Crippen molar-refractivity contribution >= 4 is 0 Å². The minimum absolute atomic E-state index is 0.515. The first kappa shape index (κ1) is 8.50. The summed E-state index contributed by atoms with van der Waals surface area (Å²) in [5, 5.41) is 0. The van der Waals surface area contributed by atoms with Gasteiger partial charge in [-0.15, -0.1) is 0 Å². The van der Waals surface area contributed by atoms with E-state index in [1.165, 1.54) is 5.57 Å². The van der Waals surface area contributed by atoms with Gasteiger partial charge >= 0.3 is 0 Å². The zero-order valence-electron chi connectivity index (χ0n) is 7.26. The standard InChI is InChI=1S/C9H14O2/c1-8-5-4-6-9(7-8,10-2)11-3/h4-6H,7H2,1-3H3. The fraction of sp³-hybridized carbons (Fsp3) is 0.556. The highest BCUT2D eigenvalue weighted by Gasteiger charge is 2.27. The van der Waals surface area contributed by atoms with Crippen molar-refractivity contribution in [3.05, 3.63) is 23.8 Å². The highest BCUT2D eigenvalue weighted by Crippen LogP contribution is 2.26. The van der Waals surface area contributed by atoms with Crippen molar-refractivity contribution in [2.24, 2.45) is 0 Å². The molecule has 2 heteroatoms. The summed E-state index contributed by atoms with van der Waals surface area (Å²) in [6.45, 7) is 2.07. The molecule has 0 fully saturated rings. The predicted octanol–water partition coefficient (Wildman–Crippen LogP) is 1.88. The Hall–Kier alpha value is -0.600. The van der Waals surface area contributed by atoms with Gasteiger partial charge in [-0.3, -0.25) is 0 Å². The maximum atomic E-state index is 5.25. The van der Waals surface area contributed by atoms with Gasteiger partial charge in [0.15, 0.2) is 5.79 Å². The Morgan fingerprint density at radius 3 is 2.36 bits per heavy atom. The Morgan fingerprint density at radius 1 is 1.36 bits per heavy atom. The van der Waals surface area contributed by atoms with Crippen LogP contribution >= 0.6 is 0 Å². The van der Waals surface area contributed by atoms with Crippen molar-refractivity contribution in [3.8, 4) is 0 Å². The topological polar surface area (TPSA) is 18.5 Å². The van der Waals surface area contributed by atoms with Crippen molar-refractivity contribution in [3.63, 3.8) is 0 Å². The van der Waals surface area contributed by atoms with Crippen molar-refractivity contribution < 1.29 is 9.47 Å². The normalized spacial score (nSPS) is 21.5. The van der Waals surface area contributed by atoms with E-state index in [2.05, 4.69) is 13.0 Å². The SMILES string of the molecule is COC1(OC)C=CC=C(C)C1. The van der Waals surface area contributed by atoms with Gasteiger partial charge < -0.3 is 9.47 Å². The number of methoxy groups -OCH3 is 2. The van der Waals surface area contributed by atoms with E-state index < -0.39 is 5.79 Å². The second-order valence-corrected chi connectivity index (χ2v) is 2.77. The lowest BCUT2D eigenvalue weighted by atomic mass is 10.0. The van der Waals surface area contributed by atoms with Crippen LogP contribution in [0.4, 0.5) is 0 Å². The molecule has 0 atom stereocenters. The molecule has 0 heterocycles. The van der Waals surface area contributed by atoms with Gasteiger partial charge in [0.05, 0.1) is 0 Å². The van der Waals surface area contributed by atoms with E-state index in [0.717, 1.165) is 6.42 Å². The molecule has 0 aromatic heterocycles. The summed E-state index contributed by atoms with van der Waals surface area (Å²) in [5.74, 6) is -0.515. The second kappa shape index (κ2) is 3.20. The van der Waals surface area contributed by atoms with Crippen LogP contribution in [0.3, 0.4) is 0 Å². The summed E-state index contributed by atoms with van der Waals surface area (Å²) >= 11 is 0. The van der Waals surface area contributed by atoms with Crippen LogP contribution in [-0.4, -0.2) is 20.0 Å². The molecule has 0 aromatic carbocycles. The van der Waals surface area contributed by atoms with Crippen LogP contribution < -0.4 is 0 Å². The van der Waals surface area contributed by atoms with Crippen LogP contribution in [0.1, 0.15) is 13.3 Å². The van der Waals surface area contributed by atoms with Gasteiger partial charge in [-0.25, -0.2) is 0 Å². The predicted molar refractivity (Wildman–Crippen MR) is 44.3 cm³/mol. The van der Waals surface area contributed by atoms with Gasteiger partial charge in [-0.05, 0) is 13.0 Å². The second-order valence-electron chi connectivity index (χ2n) is 2.77. The van der Waals surface area contributed by atoms with Crippen LogP contribution in [0, 0.1) is 0 Å². The number of allylic oxidation sites excluding steroid dienone is 2. The van der Waals surface area contributed by atoms with E-state index in [1.54, 1.807) is 14.2 Å². The summed E-state index contributed by atoms with van der Waals surface area (Å²) < 4.78 is 10.5. The molecule has 1 rings (SSSR count). The van der Waals surface area contributed by atoms with Crippen molar-refractivity contribution in [1.82, 2.24) is 0 Å². The third-order valence-corrected chi connectivity index (χ3v) is 1.95. The Bertz CT molecular complexity index is 188. The first-order chi connectivity index (χ1) is 5.22. The van der Waals surface area contributed by atoms with E-state index in [4.69, 9.17) is 9.47 Å². The van der Waals surface area contributed by atoms with Gasteiger partial charge in [0, 0.05) is 20.6 Å². The van der Waals surface area contributed by atoms with E-state index in [0.29, 0.717) is 0 Å². The number of hydrogen-bond acceptors (Lipinski definition) is 2. The summed E-state index contributed by atoms with van der Waals surface area (Å²) in [6, 6.07) is 0. The third kappa shape index (κ3) is 1.70. The molecule has 0 amide bonds. The smallest absolute Gasteiger partial charge is 0.191 e. The first-order valence-corrected chi connectivity index (χ1v) is 3.68. The van der Waals surface area contributed by atoms with Gasteiger partial charge in [-0.1, -0.05) is 17.7 Å². The van der Waals surface area contributed by atoms with Crippen LogP contribution in [-0.2, 0) is 9.47 Å². The molecular formula is C9H14O2. The largest absolute Gasteiger partial charge is 0.349 e. The summed E-state index contributed by atoms with van der Waals surface area (Å²) in [7, 11) is 3.32. The fourth-order valence-corrected chi connectivity index (χ4v) is 1.23. The van der Waals surface area contributed by atoms with Crippen molar-refractivity contribution in [1.29, 1.82) is 0 Å². The Balaban J connectivity index is 2.75. The molecule has 11 heavy (non-hydrogen) atoms. The molecule has 62 valence electrons. The van der Waals surface area contributed by atoms with Crippen LogP contribution in [0.25, 0.3) is 0 Å². The minimum Gasteiger partial charge on any atom is -0.349 e. The Labute approximate surface area is 67.5 Å². The zero-order chi connectivity index (χ0) is 8.32. The van der Waals surface area contributed by atoms with E-state index >= 15 is 0 Å². The number of rotatable bonds is 2. The average Bonchev–Trinajstić information content (AvgIpc) is 2.04. The number of ether oxygens (including phenoxy) is 2. The van der Waals surface area contributed by atoms with Gasteiger partial charge in [0.2, 0.25) is 0 Å². The molecule has 0 radical (unpaired) electrons. The minimum atomic E-state index is -0.515. The summed E-state index contributed by atoms with van der Waals surface area (Å²) in [6.07, 6.45) is 6.78. The number of hydrogen-bond donors (Lipinski definition) is 0. The molecular weight excluding hydrogens is 140 g/mol. The highest BCUT2D eigenvalue weighted by molar-refractivity contribution is 5.21. The lowest BCUT2D eigenvalue weighted by Gasteiger charge is -2.29. The van der Waals surface area contributed by atoms with E-state index in [9.17, 15) is 0 Å². The maximum Gasteiger partial charge on any atom is 0.191 e. The molecule has 0 saturated carbocycles. The molecule has 0 saturated heterocycles. The van der Waals surface area contributed by atoms with Crippen molar-refractivity contribution in [2.45, 2.75) is 19.1 Å². The molecule has 0 N–H and O–H groups in total. The van der Waals surface area contributed by atoms with Gasteiger partial charge in [-0.2, -0.15) is 0 Å². The molecule has 1 aliphatic rings. The van der Waals surface area contributed by atoms with Crippen LogP contribution in [0.5, 0.6) is 0 Å². The quantitative estimate of drug-likeness (QED) is 0.565. The fourth-order valence-electron chi connectivity index (χ4n) is 1.23. The molecule has 0 unspecified atom stereocenters. The third-order valence-electron chi connectivity index (χ3n) is 1.95. The average molecular weight is 154 g/mol. The first-order valence-electron chi connectivity index (χ1n) is 3.68.